The van der Waals surface area contributed by atoms with Crippen LogP contribution in [0.25, 0.3) is 0 Å². The SMILES string of the molecule is OC1COC2OC=NC2C1O. The Labute approximate surface area is 63.3 Å². The summed E-state index contributed by atoms with van der Waals surface area (Å²) >= 11 is 0. The molecule has 2 aliphatic heterocycles. The lowest BCUT2D eigenvalue weighted by molar-refractivity contribution is -0.186. The Hall–Kier alpha value is -0.650. The van der Waals surface area contributed by atoms with Crippen LogP contribution >= 0.6 is 0 Å². The molecule has 2 N–H and O–H groups in total. The van der Waals surface area contributed by atoms with E-state index in [-0.39, 0.29) is 6.61 Å². The van der Waals surface area contributed by atoms with Crippen molar-refractivity contribution in [2.24, 2.45) is 4.99 Å². The Morgan fingerprint density at radius 1 is 1.45 bits per heavy atom. The number of ether oxygens (including phenoxy) is 2. The number of hydrogen-bond acceptors (Lipinski definition) is 5. The van der Waals surface area contributed by atoms with E-state index in [1.165, 1.54) is 6.40 Å². The largest absolute Gasteiger partial charge is 0.452 e. The van der Waals surface area contributed by atoms with Crippen LogP contribution in [0.1, 0.15) is 0 Å². The first-order valence-electron chi connectivity index (χ1n) is 3.44. The lowest BCUT2D eigenvalue weighted by Crippen LogP contribution is -2.50. The van der Waals surface area contributed by atoms with Gasteiger partial charge in [-0.25, -0.2) is 4.99 Å². The molecule has 1 saturated heterocycles. The minimum atomic E-state index is -0.868. The quantitative estimate of drug-likeness (QED) is 0.451. The summed E-state index contributed by atoms with van der Waals surface area (Å²) in [4.78, 5) is 3.81. The molecule has 0 aromatic heterocycles. The molecule has 0 saturated carbocycles. The van der Waals surface area contributed by atoms with Crippen molar-refractivity contribution in [3.63, 3.8) is 0 Å². The second-order valence-corrected chi connectivity index (χ2v) is 2.64. The average molecular weight is 159 g/mol. The molecule has 0 spiro atoms. The van der Waals surface area contributed by atoms with Gasteiger partial charge < -0.3 is 19.7 Å². The van der Waals surface area contributed by atoms with Gasteiger partial charge in [-0.15, -0.1) is 0 Å². The van der Waals surface area contributed by atoms with Crippen LogP contribution in [0.4, 0.5) is 0 Å². The van der Waals surface area contributed by atoms with Crippen LogP contribution in [0.3, 0.4) is 0 Å². The Morgan fingerprint density at radius 3 is 3.09 bits per heavy atom. The number of fused-ring (bicyclic) bond motifs is 1. The Balaban J connectivity index is 2.11. The van der Waals surface area contributed by atoms with Gasteiger partial charge in [-0.2, -0.15) is 0 Å². The second-order valence-electron chi connectivity index (χ2n) is 2.64. The molecule has 62 valence electrons. The number of hydrogen-bond donors (Lipinski definition) is 2. The van der Waals surface area contributed by atoms with E-state index in [1.807, 2.05) is 0 Å². The van der Waals surface area contributed by atoms with Crippen LogP contribution in [0.2, 0.25) is 0 Å². The summed E-state index contributed by atoms with van der Waals surface area (Å²) < 4.78 is 9.92. The maximum absolute atomic E-state index is 9.32. The zero-order valence-corrected chi connectivity index (χ0v) is 5.75. The molecule has 0 amide bonds. The first-order valence-corrected chi connectivity index (χ1v) is 3.44. The average Bonchev–Trinajstić information content (AvgIpc) is 2.45. The first-order chi connectivity index (χ1) is 5.29. The van der Waals surface area contributed by atoms with Crippen molar-refractivity contribution in [1.29, 1.82) is 0 Å². The van der Waals surface area contributed by atoms with Crippen LogP contribution in [0, 0.1) is 0 Å². The molecule has 2 heterocycles. The van der Waals surface area contributed by atoms with Gasteiger partial charge in [0.25, 0.3) is 0 Å². The molecular formula is C6H9NO4. The van der Waals surface area contributed by atoms with Gasteiger partial charge in [-0.3, -0.25) is 0 Å². The molecule has 5 heteroatoms. The summed E-state index contributed by atoms with van der Waals surface area (Å²) in [6.45, 7) is 0.103. The Kier molecular flexibility index (Phi) is 1.56. The van der Waals surface area contributed by atoms with Gasteiger partial charge >= 0.3 is 0 Å². The van der Waals surface area contributed by atoms with E-state index in [1.54, 1.807) is 0 Å². The Morgan fingerprint density at radius 2 is 2.27 bits per heavy atom. The molecule has 0 radical (unpaired) electrons. The summed E-state index contributed by atoms with van der Waals surface area (Å²) in [5.41, 5.74) is 0. The standard InChI is InChI=1S/C6H9NO4/c8-3-1-10-6-4(5(3)9)7-2-11-6/h2-6,8-9H,1H2. The van der Waals surface area contributed by atoms with Crippen molar-refractivity contribution < 1.29 is 19.7 Å². The zero-order chi connectivity index (χ0) is 7.84. The summed E-state index contributed by atoms with van der Waals surface area (Å²) in [5, 5.41) is 18.4. The van der Waals surface area contributed by atoms with Crippen LogP contribution in [0.5, 0.6) is 0 Å². The number of aliphatic imine (C=N–C) groups is 1. The second kappa shape index (κ2) is 2.44. The topological polar surface area (TPSA) is 71.3 Å². The normalized spacial score (nSPS) is 48.5. The molecular weight excluding hydrogens is 150 g/mol. The zero-order valence-electron chi connectivity index (χ0n) is 5.75. The number of rotatable bonds is 0. The van der Waals surface area contributed by atoms with E-state index < -0.39 is 24.5 Å². The predicted octanol–water partition coefficient (Wildman–Crippen LogP) is -1.51. The third-order valence-electron chi connectivity index (χ3n) is 1.88. The van der Waals surface area contributed by atoms with Gasteiger partial charge in [0.1, 0.15) is 18.2 Å². The van der Waals surface area contributed by atoms with Crippen molar-refractivity contribution in [3.05, 3.63) is 0 Å². The van der Waals surface area contributed by atoms with Crippen molar-refractivity contribution >= 4 is 6.40 Å². The van der Waals surface area contributed by atoms with Crippen molar-refractivity contribution in [2.45, 2.75) is 24.5 Å². The smallest absolute Gasteiger partial charge is 0.226 e. The van der Waals surface area contributed by atoms with Crippen molar-refractivity contribution in [3.8, 4) is 0 Å². The van der Waals surface area contributed by atoms with E-state index in [0.717, 1.165) is 0 Å². The Bertz CT molecular complexity index is 183. The van der Waals surface area contributed by atoms with Crippen LogP contribution in [-0.4, -0.2) is 47.8 Å². The molecule has 4 unspecified atom stereocenters. The summed E-state index contributed by atoms with van der Waals surface area (Å²) in [6.07, 6.45) is -0.979. The van der Waals surface area contributed by atoms with E-state index in [2.05, 4.69) is 4.99 Å². The van der Waals surface area contributed by atoms with Crippen molar-refractivity contribution in [2.75, 3.05) is 6.61 Å². The van der Waals surface area contributed by atoms with Gasteiger partial charge in [0.15, 0.2) is 6.40 Å². The van der Waals surface area contributed by atoms with Gasteiger partial charge in [-0.1, -0.05) is 0 Å². The molecule has 1 fully saturated rings. The van der Waals surface area contributed by atoms with Crippen LogP contribution in [0.15, 0.2) is 4.99 Å². The number of nitrogens with zero attached hydrogens (tertiary/aromatic N) is 1. The minimum Gasteiger partial charge on any atom is -0.452 e. The summed E-state index contributed by atoms with van der Waals surface area (Å²) in [5.74, 6) is 0. The highest BCUT2D eigenvalue weighted by Crippen LogP contribution is 2.22. The summed E-state index contributed by atoms with van der Waals surface area (Å²) in [7, 11) is 0. The third kappa shape index (κ3) is 1.01. The fourth-order valence-corrected chi connectivity index (χ4v) is 1.22. The van der Waals surface area contributed by atoms with E-state index in [9.17, 15) is 5.11 Å². The van der Waals surface area contributed by atoms with Gasteiger partial charge in [-0.05, 0) is 0 Å². The number of aliphatic hydroxyl groups is 2. The fourth-order valence-electron chi connectivity index (χ4n) is 1.22. The molecule has 0 aromatic carbocycles. The lowest BCUT2D eigenvalue weighted by atomic mass is 10.0. The van der Waals surface area contributed by atoms with Crippen molar-refractivity contribution in [1.82, 2.24) is 0 Å². The highest BCUT2D eigenvalue weighted by Gasteiger charge is 2.41. The van der Waals surface area contributed by atoms with Crippen LogP contribution < -0.4 is 0 Å². The highest BCUT2D eigenvalue weighted by atomic mass is 16.7. The maximum Gasteiger partial charge on any atom is 0.226 e. The van der Waals surface area contributed by atoms with E-state index in [0.29, 0.717) is 0 Å². The van der Waals surface area contributed by atoms with E-state index in [4.69, 9.17) is 14.6 Å². The maximum atomic E-state index is 9.32. The third-order valence-corrected chi connectivity index (χ3v) is 1.88. The molecule has 11 heavy (non-hydrogen) atoms. The molecule has 2 aliphatic rings. The predicted molar refractivity (Wildman–Crippen MR) is 35.1 cm³/mol. The van der Waals surface area contributed by atoms with Gasteiger partial charge in [0.05, 0.1) is 6.61 Å². The lowest BCUT2D eigenvalue weighted by Gasteiger charge is -2.31. The first kappa shape index (κ1) is 7.02. The fraction of sp³-hybridized carbons (Fsp3) is 0.833. The molecule has 4 atom stereocenters. The molecule has 2 rings (SSSR count). The molecule has 0 aliphatic carbocycles. The van der Waals surface area contributed by atoms with Gasteiger partial charge in [0, 0.05) is 0 Å². The van der Waals surface area contributed by atoms with Crippen LogP contribution in [-0.2, 0) is 9.47 Å². The summed E-state index contributed by atoms with van der Waals surface area (Å²) in [6, 6.07) is -0.459. The van der Waals surface area contributed by atoms with E-state index >= 15 is 0 Å². The molecule has 5 nitrogen and oxygen atoms in total. The minimum absolute atomic E-state index is 0.103. The van der Waals surface area contributed by atoms with Gasteiger partial charge in [0.2, 0.25) is 6.29 Å². The molecule has 0 bridgehead atoms. The monoisotopic (exact) mass is 159 g/mol. The molecule has 0 aromatic rings. The number of aliphatic hydroxyl groups excluding tert-OH is 2. The highest BCUT2D eigenvalue weighted by molar-refractivity contribution is 5.49.